The Kier molecular flexibility index (Phi) is 4.56. The third-order valence-electron chi connectivity index (χ3n) is 6.17. The van der Waals surface area contributed by atoms with Crippen molar-refractivity contribution in [1.82, 2.24) is 35.1 Å². The number of piperidine rings is 1. The fraction of sp³-hybridized carbons (Fsp3) is 0.391. The minimum absolute atomic E-state index is 0.0664. The van der Waals surface area contributed by atoms with E-state index in [1.54, 1.807) is 29.2 Å². The number of rotatable bonds is 3. The van der Waals surface area contributed by atoms with Gasteiger partial charge in [0.1, 0.15) is 11.9 Å². The van der Waals surface area contributed by atoms with Gasteiger partial charge in [0.05, 0.1) is 29.8 Å². The summed E-state index contributed by atoms with van der Waals surface area (Å²) in [6.45, 7) is 7.98. The molecule has 3 aromatic heterocycles. The van der Waals surface area contributed by atoms with E-state index < -0.39 is 11.7 Å². The van der Waals surface area contributed by atoms with Crippen molar-refractivity contribution >= 4 is 11.0 Å². The molecule has 1 aromatic carbocycles. The van der Waals surface area contributed by atoms with Crippen molar-refractivity contribution in [3.63, 3.8) is 0 Å². The Labute approximate surface area is 185 Å². The molecule has 0 saturated carbocycles. The van der Waals surface area contributed by atoms with E-state index in [9.17, 15) is 5.11 Å². The highest BCUT2D eigenvalue weighted by Gasteiger charge is 2.47. The first-order chi connectivity index (χ1) is 15.1. The second-order valence-corrected chi connectivity index (χ2v) is 9.68. The van der Waals surface area contributed by atoms with E-state index in [2.05, 4.69) is 39.7 Å². The lowest BCUT2D eigenvalue weighted by molar-refractivity contribution is 0.0313. The molecular formula is C23H26FN7O. The van der Waals surface area contributed by atoms with E-state index in [0.717, 1.165) is 5.39 Å². The van der Waals surface area contributed by atoms with Gasteiger partial charge in [-0.25, -0.2) is 9.07 Å². The average Bonchev–Trinajstić information content (AvgIpc) is 3.39. The Morgan fingerprint density at radius 2 is 1.91 bits per heavy atom. The molecule has 0 unspecified atom stereocenters. The van der Waals surface area contributed by atoms with Gasteiger partial charge in [-0.15, -0.1) is 15.3 Å². The lowest BCUT2D eigenvalue weighted by Gasteiger charge is -2.49. The third kappa shape index (κ3) is 3.42. The van der Waals surface area contributed by atoms with Crippen LogP contribution in [0.25, 0.3) is 28.0 Å². The van der Waals surface area contributed by atoms with Gasteiger partial charge in [-0.3, -0.25) is 0 Å². The highest BCUT2D eigenvalue weighted by molar-refractivity contribution is 5.81. The van der Waals surface area contributed by atoms with Crippen molar-refractivity contribution in [3.8, 4) is 22.7 Å². The minimum atomic E-state index is -1.08. The lowest BCUT2D eigenvalue weighted by Crippen LogP contribution is -2.64. The molecule has 0 aliphatic carbocycles. The molecule has 2 atom stereocenters. The second-order valence-electron chi connectivity index (χ2n) is 9.68. The molecular weight excluding hydrogens is 409 g/mol. The smallest absolute Gasteiger partial charge is 0.162 e. The van der Waals surface area contributed by atoms with E-state index >= 15 is 4.39 Å². The van der Waals surface area contributed by atoms with Crippen LogP contribution in [0.4, 0.5) is 4.39 Å². The fourth-order valence-electron chi connectivity index (χ4n) is 4.92. The number of hydrogen-bond donors (Lipinski definition) is 2. The molecule has 4 aromatic rings. The molecule has 0 bridgehead atoms. The number of phenolic OH excluding ortho intramolecular Hbond substituents is 1. The van der Waals surface area contributed by atoms with Gasteiger partial charge in [0.25, 0.3) is 0 Å². The topological polar surface area (TPSA) is 93.7 Å². The minimum Gasteiger partial charge on any atom is -0.507 e. The van der Waals surface area contributed by atoms with Crippen molar-refractivity contribution < 1.29 is 9.50 Å². The quantitative estimate of drug-likeness (QED) is 0.508. The lowest BCUT2D eigenvalue weighted by atomic mass is 9.78. The van der Waals surface area contributed by atoms with Crippen LogP contribution in [0.3, 0.4) is 0 Å². The average molecular weight is 436 g/mol. The molecule has 166 valence electrons. The van der Waals surface area contributed by atoms with Crippen molar-refractivity contribution in [2.24, 2.45) is 0 Å². The number of phenols is 1. The largest absolute Gasteiger partial charge is 0.507 e. The van der Waals surface area contributed by atoms with Gasteiger partial charge < -0.3 is 15.0 Å². The molecule has 9 heteroatoms. The Morgan fingerprint density at radius 3 is 2.62 bits per heavy atom. The van der Waals surface area contributed by atoms with Crippen LogP contribution in [0, 0.1) is 0 Å². The normalized spacial score (nSPS) is 22.3. The molecule has 0 spiro atoms. The molecule has 2 N–H and O–H groups in total. The second kappa shape index (κ2) is 7.09. The summed E-state index contributed by atoms with van der Waals surface area (Å²) in [7, 11) is 0. The third-order valence-corrected chi connectivity index (χ3v) is 6.17. The molecule has 1 saturated heterocycles. The fourth-order valence-corrected chi connectivity index (χ4v) is 4.92. The zero-order valence-corrected chi connectivity index (χ0v) is 18.5. The van der Waals surface area contributed by atoms with Crippen LogP contribution in [-0.2, 0) is 0 Å². The Hall–Kier alpha value is -3.33. The van der Waals surface area contributed by atoms with Gasteiger partial charge in [-0.05, 0) is 58.4 Å². The van der Waals surface area contributed by atoms with Crippen LogP contribution in [0.1, 0.15) is 40.2 Å². The maximum absolute atomic E-state index is 15.4. The predicted molar refractivity (Wildman–Crippen MR) is 119 cm³/mol. The molecule has 5 rings (SSSR count). The molecule has 4 heterocycles. The first-order valence-electron chi connectivity index (χ1n) is 10.6. The van der Waals surface area contributed by atoms with Crippen LogP contribution in [0.15, 0.2) is 48.9 Å². The Morgan fingerprint density at radius 1 is 1.09 bits per heavy atom. The van der Waals surface area contributed by atoms with Gasteiger partial charge in [-0.1, -0.05) is 5.21 Å². The van der Waals surface area contributed by atoms with Crippen molar-refractivity contribution in [2.45, 2.75) is 57.4 Å². The van der Waals surface area contributed by atoms with E-state index in [4.69, 9.17) is 0 Å². The number of aromatic nitrogens is 6. The monoisotopic (exact) mass is 435 g/mol. The summed E-state index contributed by atoms with van der Waals surface area (Å²) in [4.78, 5) is 0. The summed E-state index contributed by atoms with van der Waals surface area (Å²) in [6, 6.07) is 8.64. The number of fused-ring (bicyclic) bond motifs is 1. The summed E-state index contributed by atoms with van der Waals surface area (Å²) in [6.07, 6.45) is 4.70. The number of halogens is 1. The molecule has 1 fully saturated rings. The predicted octanol–water partition coefficient (Wildman–Crippen LogP) is 3.81. The maximum atomic E-state index is 15.4. The number of aromatic hydroxyl groups is 1. The zero-order valence-electron chi connectivity index (χ0n) is 18.5. The van der Waals surface area contributed by atoms with E-state index in [0.29, 0.717) is 29.0 Å². The number of hydrogen-bond acceptors (Lipinski definition) is 6. The Bertz CT molecular complexity index is 1280. The summed E-state index contributed by atoms with van der Waals surface area (Å²) in [5, 5.41) is 31.3. The van der Waals surface area contributed by atoms with Crippen molar-refractivity contribution in [2.75, 3.05) is 0 Å². The zero-order chi connectivity index (χ0) is 22.7. The van der Waals surface area contributed by atoms with Crippen LogP contribution < -0.4 is 5.32 Å². The maximum Gasteiger partial charge on any atom is 0.162 e. The highest BCUT2D eigenvalue weighted by atomic mass is 19.1. The molecule has 8 nitrogen and oxygen atoms in total. The summed E-state index contributed by atoms with van der Waals surface area (Å²) < 4.78 is 18.9. The van der Waals surface area contributed by atoms with Gasteiger partial charge in [0.2, 0.25) is 0 Å². The first-order valence-corrected chi connectivity index (χ1v) is 10.6. The van der Waals surface area contributed by atoms with Crippen LogP contribution in [0.5, 0.6) is 5.75 Å². The number of nitrogens with zero attached hydrogens (tertiary/aromatic N) is 6. The van der Waals surface area contributed by atoms with Gasteiger partial charge in [0.15, 0.2) is 5.65 Å². The van der Waals surface area contributed by atoms with E-state index in [1.807, 2.05) is 42.8 Å². The van der Waals surface area contributed by atoms with E-state index in [-0.39, 0.29) is 17.3 Å². The van der Waals surface area contributed by atoms with Crippen LogP contribution in [-0.4, -0.2) is 52.1 Å². The van der Waals surface area contributed by atoms with Gasteiger partial charge >= 0.3 is 0 Å². The van der Waals surface area contributed by atoms with Crippen molar-refractivity contribution in [3.05, 3.63) is 48.9 Å². The molecule has 1 aliphatic heterocycles. The standard InChI is InChI=1S/C23H26FN7O/c1-22(2)13-18(20(24)23(3,4)28-22)30-9-7-14-11-17(26-27-21(14)30)16-6-5-15(12-19(16)32)31-10-8-25-29-31/h5-12,18,20,28,32H,13H2,1-4H3/t18-,20-/m0/s1. The van der Waals surface area contributed by atoms with Gasteiger partial charge in [0, 0.05) is 34.3 Å². The molecule has 0 radical (unpaired) electrons. The number of alkyl halides is 1. The molecule has 1 aliphatic rings. The summed E-state index contributed by atoms with van der Waals surface area (Å²) in [5.74, 6) is 0.0664. The highest BCUT2D eigenvalue weighted by Crippen LogP contribution is 2.40. The first kappa shape index (κ1) is 20.6. The van der Waals surface area contributed by atoms with Gasteiger partial charge in [-0.2, -0.15) is 0 Å². The molecule has 32 heavy (non-hydrogen) atoms. The van der Waals surface area contributed by atoms with Crippen molar-refractivity contribution in [1.29, 1.82) is 0 Å². The number of nitrogens with one attached hydrogen (secondary N) is 1. The van der Waals surface area contributed by atoms with Crippen LogP contribution >= 0.6 is 0 Å². The SMILES string of the molecule is CC1(C)C[C@H](n2ccc3cc(-c4ccc(-n5ccnn5)cc4O)nnc32)[C@H](F)C(C)(C)N1. The number of benzene rings is 1. The summed E-state index contributed by atoms with van der Waals surface area (Å²) in [5.41, 5.74) is 1.55. The molecule has 0 amide bonds. The summed E-state index contributed by atoms with van der Waals surface area (Å²) >= 11 is 0. The van der Waals surface area contributed by atoms with Crippen LogP contribution in [0.2, 0.25) is 0 Å². The Balaban J connectivity index is 1.51. The van der Waals surface area contributed by atoms with E-state index in [1.165, 1.54) is 0 Å².